The Morgan fingerprint density at radius 3 is 2.33 bits per heavy atom. The van der Waals surface area contributed by atoms with E-state index in [0.717, 1.165) is 27.3 Å². The zero-order valence-corrected chi connectivity index (χ0v) is 17.8. The summed E-state index contributed by atoms with van der Waals surface area (Å²) in [6.45, 7) is 7.74. The molecule has 0 spiro atoms. The van der Waals surface area contributed by atoms with Gasteiger partial charge in [0.1, 0.15) is 10.6 Å². The molecule has 5 rings (SSSR count). The highest BCUT2D eigenvalue weighted by Crippen LogP contribution is 2.42. The number of hydrogen-bond donors (Lipinski definition) is 0. The van der Waals surface area contributed by atoms with Gasteiger partial charge >= 0.3 is 0 Å². The van der Waals surface area contributed by atoms with Crippen LogP contribution in [0.3, 0.4) is 0 Å². The predicted molar refractivity (Wildman–Crippen MR) is 116 cm³/mol. The Morgan fingerprint density at radius 2 is 1.67 bits per heavy atom. The highest BCUT2D eigenvalue weighted by atomic mass is 32.1. The van der Waals surface area contributed by atoms with Crippen LogP contribution in [0.15, 0.2) is 45.6 Å². The number of carbonyl (C=O) groups is 1. The van der Waals surface area contributed by atoms with Crippen LogP contribution in [0.4, 0.5) is 5.13 Å². The third-order valence-electron chi connectivity index (χ3n) is 5.60. The molecule has 0 aliphatic carbocycles. The second-order valence-corrected chi connectivity index (χ2v) is 8.86. The molecule has 1 aliphatic heterocycles. The first-order valence-corrected chi connectivity index (χ1v) is 10.4. The third kappa shape index (κ3) is 2.69. The lowest BCUT2D eigenvalue weighted by Gasteiger charge is -2.22. The summed E-state index contributed by atoms with van der Waals surface area (Å²) in [4.78, 5) is 28.6. The number of aryl methyl sites for hydroxylation is 4. The molecule has 1 unspecified atom stereocenters. The predicted octanol–water partition coefficient (Wildman–Crippen LogP) is 4.63. The molecule has 1 aliphatic rings. The van der Waals surface area contributed by atoms with Crippen molar-refractivity contribution < 1.29 is 9.21 Å². The molecular weight excluding hydrogens is 398 g/mol. The maximum absolute atomic E-state index is 13.6. The van der Waals surface area contributed by atoms with Crippen molar-refractivity contribution in [2.75, 3.05) is 4.90 Å². The Bertz CT molecular complexity index is 1390. The number of benzene rings is 2. The Kier molecular flexibility index (Phi) is 4.11. The molecule has 0 saturated carbocycles. The summed E-state index contributed by atoms with van der Waals surface area (Å²) in [7, 11) is 0. The Balaban J connectivity index is 1.83. The third-order valence-corrected chi connectivity index (χ3v) is 6.44. The molecule has 2 aromatic heterocycles. The quantitative estimate of drug-likeness (QED) is 0.475. The zero-order valence-electron chi connectivity index (χ0n) is 17.0. The van der Waals surface area contributed by atoms with Gasteiger partial charge < -0.3 is 4.42 Å². The number of amides is 1. The maximum atomic E-state index is 13.6. The van der Waals surface area contributed by atoms with Crippen molar-refractivity contribution in [1.82, 2.24) is 10.2 Å². The van der Waals surface area contributed by atoms with Gasteiger partial charge in [0, 0.05) is 0 Å². The Labute approximate surface area is 176 Å². The van der Waals surface area contributed by atoms with Gasteiger partial charge in [0.05, 0.1) is 17.0 Å². The molecule has 1 atom stereocenters. The van der Waals surface area contributed by atoms with Crippen LogP contribution in [-0.4, -0.2) is 16.1 Å². The van der Waals surface area contributed by atoms with Gasteiger partial charge in [0.2, 0.25) is 10.9 Å². The summed E-state index contributed by atoms with van der Waals surface area (Å²) in [6, 6.07) is 10.9. The van der Waals surface area contributed by atoms with Crippen LogP contribution >= 0.6 is 11.3 Å². The normalized spacial score (nSPS) is 15.8. The number of fused-ring (bicyclic) bond motifs is 2. The minimum absolute atomic E-state index is 0.0779. The molecule has 0 radical (unpaired) electrons. The lowest BCUT2D eigenvalue weighted by atomic mass is 9.97. The molecule has 1 amide bonds. The molecule has 150 valence electrons. The van der Waals surface area contributed by atoms with Crippen LogP contribution in [0.1, 0.15) is 49.4 Å². The van der Waals surface area contributed by atoms with E-state index in [1.807, 2.05) is 64.1 Å². The molecule has 0 N–H and O–H groups in total. The van der Waals surface area contributed by atoms with Gasteiger partial charge in [-0.05, 0) is 56.5 Å². The minimum Gasteiger partial charge on any atom is -0.450 e. The molecule has 7 heteroatoms. The van der Waals surface area contributed by atoms with Gasteiger partial charge in [0.15, 0.2) is 5.43 Å². The first-order valence-electron chi connectivity index (χ1n) is 9.63. The van der Waals surface area contributed by atoms with Gasteiger partial charge in [0.25, 0.3) is 5.91 Å². The lowest BCUT2D eigenvalue weighted by Crippen LogP contribution is -2.29. The second-order valence-electron chi connectivity index (χ2n) is 7.70. The van der Waals surface area contributed by atoms with Gasteiger partial charge in [-0.2, -0.15) is 0 Å². The fourth-order valence-electron chi connectivity index (χ4n) is 3.87. The first kappa shape index (κ1) is 18.7. The van der Waals surface area contributed by atoms with Crippen LogP contribution in [0.2, 0.25) is 0 Å². The standard InChI is InChI=1S/C23H19N3O3S/c1-11-5-7-15(8-6-11)19-18-20(27)16-9-12(2)13(3)10-17(16)29-21(18)22(28)26(19)23-25-24-14(4)30-23/h5-10,19H,1-4H3. The van der Waals surface area contributed by atoms with E-state index in [1.165, 1.54) is 16.2 Å². The summed E-state index contributed by atoms with van der Waals surface area (Å²) < 4.78 is 6.03. The van der Waals surface area contributed by atoms with Crippen LogP contribution in [0.25, 0.3) is 11.0 Å². The first-order chi connectivity index (χ1) is 14.3. The van der Waals surface area contributed by atoms with E-state index in [1.54, 1.807) is 0 Å². The molecule has 3 heterocycles. The monoisotopic (exact) mass is 417 g/mol. The molecule has 0 saturated heterocycles. The molecule has 30 heavy (non-hydrogen) atoms. The van der Waals surface area contributed by atoms with E-state index in [2.05, 4.69) is 10.2 Å². The fourth-order valence-corrected chi connectivity index (χ4v) is 4.59. The maximum Gasteiger partial charge on any atom is 0.297 e. The van der Waals surface area contributed by atoms with Crippen LogP contribution < -0.4 is 10.3 Å². The number of anilines is 1. The molecule has 6 nitrogen and oxygen atoms in total. The van der Waals surface area contributed by atoms with Crippen molar-refractivity contribution in [3.63, 3.8) is 0 Å². The van der Waals surface area contributed by atoms with Gasteiger partial charge in [-0.25, -0.2) is 0 Å². The number of aromatic nitrogens is 2. The number of carbonyl (C=O) groups excluding carboxylic acids is 1. The average molecular weight is 417 g/mol. The highest BCUT2D eigenvalue weighted by Gasteiger charge is 2.45. The number of nitrogens with zero attached hydrogens (tertiary/aromatic N) is 3. The van der Waals surface area contributed by atoms with E-state index >= 15 is 0 Å². The summed E-state index contributed by atoms with van der Waals surface area (Å²) in [5.74, 6) is -0.293. The van der Waals surface area contributed by atoms with E-state index in [-0.39, 0.29) is 17.1 Å². The van der Waals surface area contributed by atoms with E-state index in [0.29, 0.717) is 21.7 Å². The van der Waals surface area contributed by atoms with Gasteiger partial charge in [-0.1, -0.05) is 41.2 Å². The SMILES string of the molecule is Cc1ccc(C2c3c(oc4cc(C)c(C)cc4c3=O)C(=O)N2c2nnc(C)s2)cc1. The largest absolute Gasteiger partial charge is 0.450 e. The Morgan fingerprint density at radius 1 is 0.967 bits per heavy atom. The lowest BCUT2D eigenvalue weighted by molar-refractivity contribution is 0.0970. The fraction of sp³-hybridized carbons (Fsp3) is 0.217. The molecule has 0 bridgehead atoms. The van der Waals surface area contributed by atoms with Crippen LogP contribution in [-0.2, 0) is 0 Å². The molecule has 0 fully saturated rings. The van der Waals surface area contributed by atoms with Crippen molar-refractivity contribution in [3.8, 4) is 0 Å². The number of rotatable bonds is 2. The average Bonchev–Trinajstić information content (AvgIpc) is 3.26. The van der Waals surface area contributed by atoms with Crippen molar-refractivity contribution in [1.29, 1.82) is 0 Å². The molecule has 2 aromatic carbocycles. The van der Waals surface area contributed by atoms with Crippen molar-refractivity contribution >= 4 is 33.3 Å². The van der Waals surface area contributed by atoms with Crippen molar-refractivity contribution in [2.24, 2.45) is 0 Å². The number of hydrogen-bond acceptors (Lipinski definition) is 6. The van der Waals surface area contributed by atoms with Crippen LogP contribution in [0.5, 0.6) is 0 Å². The summed E-state index contributed by atoms with van der Waals surface area (Å²) in [5, 5.41) is 9.92. The van der Waals surface area contributed by atoms with E-state index < -0.39 is 6.04 Å². The van der Waals surface area contributed by atoms with Gasteiger partial charge in [-0.3, -0.25) is 14.5 Å². The van der Waals surface area contributed by atoms with Crippen molar-refractivity contribution in [3.05, 3.63) is 85.2 Å². The van der Waals surface area contributed by atoms with Crippen molar-refractivity contribution in [2.45, 2.75) is 33.7 Å². The summed E-state index contributed by atoms with van der Waals surface area (Å²) in [6.07, 6.45) is 0. The Hall–Kier alpha value is -3.32. The molecular formula is C23H19N3O3S. The van der Waals surface area contributed by atoms with E-state index in [9.17, 15) is 9.59 Å². The topological polar surface area (TPSA) is 76.3 Å². The molecule has 4 aromatic rings. The smallest absolute Gasteiger partial charge is 0.297 e. The summed E-state index contributed by atoms with van der Waals surface area (Å²) in [5.41, 5.74) is 4.53. The minimum atomic E-state index is -0.609. The highest BCUT2D eigenvalue weighted by molar-refractivity contribution is 7.15. The van der Waals surface area contributed by atoms with E-state index in [4.69, 9.17) is 4.42 Å². The van der Waals surface area contributed by atoms with Gasteiger partial charge in [-0.15, -0.1) is 10.2 Å². The summed E-state index contributed by atoms with van der Waals surface area (Å²) >= 11 is 1.32. The van der Waals surface area contributed by atoms with Crippen LogP contribution in [0, 0.1) is 27.7 Å². The second kappa shape index (κ2) is 6.60. The zero-order chi connectivity index (χ0) is 21.2.